The van der Waals surface area contributed by atoms with Gasteiger partial charge < -0.3 is 10.8 Å². The Kier molecular flexibility index (Phi) is 5.97. The highest BCUT2D eigenvalue weighted by Crippen LogP contribution is 1.97. The molecule has 3 nitrogen and oxygen atoms in total. The van der Waals surface area contributed by atoms with Crippen LogP contribution >= 0.6 is 0 Å². The molecule has 0 aliphatic heterocycles. The molecule has 13 heavy (non-hydrogen) atoms. The van der Waals surface area contributed by atoms with Gasteiger partial charge in [-0.2, -0.15) is 0 Å². The Morgan fingerprint density at radius 2 is 1.92 bits per heavy atom. The highest BCUT2D eigenvalue weighted by atomic mass is 16.2. The van der Waals surface area contributed by atoms with Crippen LogP contribution in [-0.4, -0.2) is 11.0 Å². The van der Waals surface area contributed by atoms with Crippen LogP contribution in [0.4, 0.5) is 0 Å². The van der Waals surface area contributed by atoms with E-state index in [1.165, 1.54) is 0 Å². The van der Waals surface area contributed by atoms with Crippen molar-refractivity contribution in [2.24, 2.45) is 5.73 Å². The highest BCUT2D eigenvalue weighted by molar-refractivity contribution is 5.76. The monoisotopic (exact) mass is 179 g/mol. The lowest BCUT2D eigenvalue weighted by Crippen LogP contribution is -2.13. The largest absolute Gasteiger partial charge is 0.516 e. The Morgan fingerprint density at radius 1 is 1.46 bits per heavy atom. The number of carbonyl (C=O) groups is 1. The van der Waals surface area contributed by atoms with Gasteiger partial charge in [0.2, 0.25) is 5.91 Å². The molecule has 0 heterocycles. The number of aliphatic hydroxyl groups is 1. The summed E-state index contributed by atoms with van der Waals surface area (Å²) < 4.78 is 0. The van der Waals surface area contributed by atoms with Crippen molar-refractivity contribution in [2.75, 3.05) is 0 Å². The number of primary amides is 1. The van der Waals surface area contributed by atoms with Crippen LogP contribution in [0.15, 0.2) is 43.2 Å². The molecule has 0 unspecified atom stereocenters. The maximum absolute atomic E-state index is 10.4. The van der Waals surface area contributed by atoms with Crippen LogP contribution in [0.1, 0.15) is 5.56 Å². The van der Waals surface area contributed by atoms with Crippen molar-refractivity contribution < 1.29 is 9.90 Å². The number of carbonyl (C=O) groups excluding carboxylic acids is 1. The molecule has 0 aliphatic carbocycles. The molecule has 1 amide bonds. The SMILES string of the molecule is C=CO.NC(=O)Cc1ccccc1. The van der Waals surface area contributed by atoms with Gasteiger partial charge in [-0.3, -0.25) is 4.79 Å². The van der Waals surface area contributed by atoms with E-state index in [1.807, 2.05) is 30.3 Å². The Bertz CT molecular complexity index is 257. The fourth-order valence-electron chi connectivity index (χ4n) is 0.797. The first kappa shape index (κ1) is 11.2. The number of hydrogen-bond acceptors (Lipinski definition) is 2. The van der Waals surface area contributed by atoms with Crippen LogP contribution in [-0.2, 0) is 11.2 Å². The number of amides is 1. The Hall–Kier alpha value is -1.77. The fourth-order valence-corrected chi connectivity index (χ4v) is 0.797. The van der Waals surface area contributed by atoms with Gasteiger partial charge >= 0.3 is 0 Å². The van der Waals surface area contributed by atoms with Crippen molar-refractivity contribution in [3.8, 4) is 0 Å². The van der Waals surface area contributed by atoms with E-state index in [0.29, 0.717) is 6.42 Å². The smallest absolute Gasteiger partial charge is 0.221 e. The topological polar surface area (TPSA) is 63.3 Å². The lowest BCUT2D eigenvalue weighted by atomic mass is 10.1. The van der Waals surface area contributed by atoms with Crippen LogP contribution in [0.25, 0.3) is 0 Å². The molecule has 1 aromatic carbocycles. The zero-order chi connectivity index (χ0) is 10.1. The second-order valence-corrected chi connectivity index (χ2v) is 2.31. The van der Waals surface area contributed by atoms with Gasteiger partial charge in [-0.25, -0.2) is 0 Å². The van der Waals surface area contributed by atoms with Crippen molar-refractivity contribution in [1.82, 2.24) is 0 Å². The summed E-state index contributed by atoms with van der Waals surface area (Å²) in [5.74, 6) is -0.286. The maximum atomic E-state index is 10.4. The van der Waals surface area contributed by atoms with Crippen LogP contribution < -0.4 is 5.73 Å². The molecule has 1 rings (SSSR count). The van der Waals surface area contributed by atoms with Crippen molar-refractivity contribution in [3.63, 3.8) is 0 Å². The normalized spacial score (nSPS) is 8.00. The fraction of sp³-hybridized carbons (Fsp3) is 0.100. The zero-order valence-corrected chi connectivity index (χ0v) is 7.31. The van der Waals surface area contributed by atoms with Crippen LogP contribution in [0.5, 0.6) is 0 Å². The Labute approximate surface area is 77.5 Å². The van der Waals surface area contributed by atoms with E-state index in [-0.39, 0.29) is 5.91 Å². The Balaban J connectivity index is 0.000000424. The molecule has 0 spiro atoms. The molecule has 0 saturated heterocycles. The zero-order valence-electron chi connectivity index (χ0n) is 7.31. The van der Waals surface area contributed by atoms with Gasteiger partial charge in [0.15, 0.2) is 0 Å². The molecular weight excluding hydrogens is 166 g/mol. The Morgan fingerprint density at radius 3 is 2.31 bits per heavy atom. The third kappa shape index (κ3) is 6.62. The quantitative estimate of drug-likeness (QED) is 0.674. The van der Waals surface area contributed by atoms with E-state index in [0.717, 1.165) is 11.8 Å². The number of hydrogen-bond donors (Lipinski definition) is 2. The van der Waals surface area contributed by atoms with E-state index in [2.05, 4.69) is 6.58 Å². The van der Waals surface area contributed by atoms with Gasteiger partial charge in [-0.05, 0) is 5.56 Å². The summed E-state index contributed by atoms with van der Waals surface area (Å²) in [5, 5.41) is 7.33. The second-order valence-electron chi connectivity index (χ2n) is 2.31. The van der Waals surface area contributed by atoms with Gasteiger partial charge in [0.05, 0.1) is 12.7 Å². The van der Waals surface area contributed by atoms with E-state index >= 15 is 0 Å². The lowest BCUT2D eigenvalue weighted by molar-refractivity contribution is -0.117. The summed E-state index contributed by atoms with van der Waals surface area (Å²) in [6, 6.07) is 9.44. The number of aliphatic hydroxyl groups excluding tert-OH is 1. The second kappa shape index (κ2) is 6.91. The summed E-state index contributed by atoms with van der Waals surface area (Å²) in [4.78, 5) is 10.4. The highest BCUT2D eigenvalue weighted by Gasteiger charge is 1.94. The van der Waals surface area contributed by atoms with Crippen LogP contribution in [0.2, 0.25) is 0 Å². The van der Waals surface area contributed by atoms with Gasteiger partial charge in [-0.1, -0.05) is 36.9 Å². The van der Waals surface area contributed by atoms with Gasteiger partial charge in [0.1, 0.15) is 0 Å². The molecule has 1 aromatic rings. The molecule has 0 saturated carbocycles. The number of benzene rings is 1. The van der Waals surface area contributed by atoms with Gasteiger partial charge in [-0.15, -0.1) is 0 Å². The maximum Gasteiger partial charge on any atom is 0.221 e. The summed E-state index contributed by atoms with van der Waals surface area (Å²) in [5.41, 5.74) is 5.95. The summed E-state index contributed by atoms with van der Waals surface area (Å²) in [6.07, 6.45) is 1.08. The van der Waals surface area contributed by atoms with Gasteiger partial charge in [0, 0.05) is 0 Å². The minimum absolute atomic E-state index is 0.286. The first-order valence-electron chi connectivity index (χ1n) is 3.78. The van der Waals surface area contributed by atoms with Crippen molar-refractivity contribution >= 4 is 5.91 Å². The molecule has 3 heteroatoms. The molecule has 70 valence electrons. The first-order chi connectivity index (χ1) is 6.20. The van der Waals surface area contributed by atoms with Crippen molar-refractivity contribution in [3.05, 3.63) is 48.7 Å². The average molecular weight is 179 g/mol. The molecule has 3 N–H and O–H groups in total. The molecule has 0 aliphatic rings. The molecule has 0 radical (unpaired) electrons. The predicted octanol–water partition coefficient (Wildman–Crippen LogP) is 1.40. The molecule has 0 atom stereocenters. The third-order valence-electron chi connectivity index (χ3n) is 1.22. The number of nitrogens with two attached hydrogens (primary N) is 1. The molecule has 0 fully saturated rings. The average Bonchev–Trinajstić information content (AvgIpc) is 2.06. The summed E-state index contributed by atoms with van der Waals surface area (Å²) in [6.45, 7) is 2.92. The van der Waals surface area contributed by atoms with Crippen molar-refractivity contribution in [2.45, 2.75) is 6.42 Å². The summed E-state index contributed by atoms with van der Waals surface area (Å²) >= 11 is 0. The predicted molar refractivity (Wildman–Crippen MR) is 52.2 cm³/mol. The van der Waals surface area contributed by atoms with E-state index in [1.54, 1.807) is 0 Å². The van der Waals surface area contributed by atoms with Crippen molar-refractivity contribution in [1.29, 1.82) is 0 Å². The van der Waals surface area contributed by atoms with Crippen LogP contribution in [0.3, 0.4) is 0 Å². The summed E-state index contributed by atoms with van der Waals surface area (Å²) in [7, 11) is 0. The number of rotatable bonds is 2. The minimum Gasteiger partial charge on any atom is -0.516 e. The lowest BCUT2D eigenvalue weighted by Gasteiger charge is -1.93. The minimum atomic E-state index is -0.286. The molecular formula is C10H13NO2. The first-order valence-corrected chi connectivity index (χ1v) is 3.78. The van der Waals surface area contributed by atoms with E-state index in [9.17, 15) is 4.79 Å². The molecule has 0 bridgehead atoms. The third-order valence-corrected chi connectivity index (χ3v) is 1.22. The standard InChI is InChI=1S/C8H9NO.C2H4O/c9-8(10)6-7-4-2-1-3-5-7;1-2-3/h1-5H,6H2,(H2,9,10);2-3H,1H2. The van der Waals surface area contributed by atoms with Crippen LogP contribution in [0, 0.1) is 0 Å². The van der Waals surface area contributed by atoms with E-state index < -0.39 is 0 Å². The molecule has 0 aromatic heterocycles. The van der Waals surface area contributed by atoms with E-state index in [4.69, 9.17) is 10.8 Å². The van der Waals surface area contributed by atoms with Gasteiger partial charge in [0.25, 0.3) is 0 Å².